The predicted molar refractivity (Wildman–Crippen MR) is 109 cm³/mol. The summed E-state index contributed by atoms with van der Waals surface area (Å²) in [5, 5.41) is 0. The highest BCUT2D eigenvalue weighted by atomic mass is 32.1. The van der Waals surface area contributed by atoms with Crippen LogP contribution in [0.2, 0.25) is 0 Å². The molecule has 2 aromatic carbocycles. The molecule has 138 valence electrons. The van der Waals surface area contributed by atoms with Gasteiger partial charge in [-0.25, -0.2) is 4.39 Å². The number of nitrogens with zero attached hydrogens (tertiary/aromatic N) is 2. The van der Waals surface area contributed by atoms with Crippen molar-refractivity contribution in [3.63, 3.8) is 0 Å². The SMILES string of the molecule is Cc1ccc(C(=O)N2C(=S)C(c3ccc(F)cc3)=NC23CCCC3)cc1C. The Kier molecular flexibility index (Phi) is 4.42. The molecule has 0 saturated heterocycles. The lowest BCUT2D eigenvalue weighted by molar-refractivity contribution is 0.0724. The second-order valence-electron chi connectivity index (χ2n) is 7.40. The molecule has 0 unspecified atom stereocenters. The molecule has 0 N–H and O–H groups in total. The van der Waals surface area contributed by atoms with Crippen LogP contribution in [0.25, 0.3) is 0 Å². The lowest BCUT2D eigenvalue weighted by Gasteiger charge is -2.32. The molecular weight excluding hydrogens is 359 g/mol. The Morgan fingerprint density at radius 1 is 1.07 bits per heavy atom. The van der Waals surface area contributed by atoms with Gasteiger partial charge in [-0.3, -0.25) is 14.7 Å². The van der Waals surface area contributed by atoms with Crippen LogP contribution in [0.3, 0.4) is 0 Å². The van der Waals surface area contributed by atoms with Crippen LogP contribution in [0.4, 0.5) is 4.39 Å². The highest BCUT2D eigenvalue weighted by Gasteiger charge is 2.50. The fraction of sp³-hybridized carbons (Fsp3) is 0.318. The maximum absolute atomic E-state index is 13.4. The van der Waals surface area contributed by atoms with Gasteiger partial charge in [0.2, 0.25) is 0 Å². The minimum atomic E-state index is -0.601. The summed E-state index contributed by atoms with van der Waals surface area (Å²) in [5.41, 5.74) is 3.62. The molecular formula is C22H21FN2OS. The number of carbonyl (C=O) groups is 1. The van der Waals surface area contributed by atoms with Crippen LogP contribution < -0.4 is 0 Å². The molecule has 0 aromatic heterocycles. The third-order valence-electron chi connectivity index (χ3n) is 5.62. The van der Waals surface area contributed by atoms with Crippen LogP contribution in [0.1, 0.15) is 52.7 Å². The molecule has 1 heterocycles. The summed E-state index contributed by atoms with van der Waals surface area (Å²) in [6, 6.07) is 11.9. The van der Waals surface area contributed by atoms with E-state index in [1.54, 1.807) is 17.0 Å². The Balaban J connectivity index is 1.76. The van der Waals surface area contributed by atoms with E-state index in [0.717, 1.165) is 42.4 Å². The van der Waals surface area contributed by atoms with E-state index < -0.39 is 5.66 Å². The maximum atomic E-state index is 13.4. The molecule has 3 nitrogen and oxygen atoms in total. The monoisotopic (exact) mass is 380 g/mol. The van der Waals surface area contributed by atoms with Crippen molar-refractivity contribution in [1.29, 1.82) is 0 Å². The second-order valence-corrected chi connectivity index (χ2v) is 7.79. The van der Waals surface area contributed by atoms with Gasteiger partial charge >= 0.3 is 0 Å². The third-order valence-corrected chi connectivity index (χ3v) is 6.00. The number of hydrogen-bond acceptors (Lipinski definition) is 3. The Labute approximate surface area is 163 Å². The molecule has 0 radical (unpaired) electrons. The molecule has 27 heavy (non-hydrogen) atoms. The molecule has 2 aromatic rings. The maximum Gasteiger partial charge on any atom is 0.260 e. The molecule has 1 aliphatic carbocycles. The van der Waals surface area contributed by atoms with Gasteiger partial charge in [-0.2, -0.15) is 0 Å². The van der Waals surface area contributed by atoms with Gasteiger partial charge in [0.25, 0.3) is 5.91 Å². The first kappa shape index (κ1) is 18.0. The minimum absolute atomic E-state index is 0.106. The first-order valence-corrected chi connectivity index (χ1v) is 9.64. The number of aryl methyl sites for hydroxylation is 2. The van der Waals surface area contributed by atoms with Crippen LogP contribution >= 0.6 is 12.2 Å². The molecule has 4 rings (SSSR count). The number of benzene rings is 2. The third kappa shape index (κ3) is 3.00. The Morgan fingerprint density at radius 3 is 2.37 bits per heavy atom. The summed E-state index contributed by atoms with van der Waals surface area (Å²) in [7, 11) is 0. The molecule has 1 fully saturated rings. The minimum Gasteiger partial charge on any atom is -0.271 e. The second kappa shape index (κ2) is 6.64. The summed E-state index contributed by atoms with van der Waals surface area (Å²) in [6.45, 7) is 4.03. The van der Waals surface area contributed by atoms with Crippen molar-refractivity contribution in [1.82, 2.24) is 4.90 Å². The van der Waals surface area contributed by atoms with Gasteiger partial charge < -0.3 is 0 Å². The molecule has 1 amide bonds. The first-order chi connectivity index (χ1) is 12.9. The van der Waals surface area contributed by atoms with Crippen LogP contribution in [0.5, 0.6) is 0 Å². The largest absolute Gasteiger partial charge is 0.271 e. The van der Waals surface area contributed by atoms with Crippen molar-refractivity contribution < 1.29 is 9.18 Å². The van der Waals surface area contributed by atoms with E-state index in [0.29, 0.717) is 16.3 Å². The zero-order chi connectivity index (χ0) is 19.2. The van der Waals surface area contributed by atoms with Crippen LogP contribution in [0, 0.1) is 19.7 Å². The van der Waals surface area contributed by atoms with E-state index in [2.05, 4.69) is 0 Å². The molecule has 1 spiro atoms. The number of carbonyl (C=O) groups excluding carboxylic acids is 1. The number of amides is 1. The number of aliphatic imine (C=N–C) groups is 1. The summed E-state index contributed by atoms with van der Waals surface area (Å²) >= 11 is 5.70. The number of hydrogen-bond donors (Lipinski definition) is 0. The van der Waals surface area contributed by atoms with E-state index in [-0.39, 0.29) is 11.7 Å². The van der Waals surface area contributed by atoms with Crippen LogP contribution in [-0.2, 0) is 0 Å². The lowest BCUT2D eigenvalue weighted by atomic mass is 10.0. The summed E-state index contributed by atoms with van der Waals surface area (Å²) in [5.74, 6) is -0.409. The zero-order valence-corrected chi connectivity index (χ0v) is 16.3. The van der Waals surface area contributed by atoms with E-state index in [9.17, 15) is 9.18 Å². The summed E-state index contributed by atoms with van der Waals surface area (Å²) in [6.07, 6.45) is 3.63. The normalized spacial score (nSPS) is 18.3. The van der Waals surface area contributed by atoms with Crippen molar-refractivity contribution in [3.05, 3.63) is 70.5 Å². The van der Waals surface area contributed by atoms with Gasteiger partial charge in [-0.1, -0.05) is 18.3 Å². The van der Waals surface area contributed by atoms with Crippen molar-refractivity contribution in [2.45, 2.75) is 45.2 Å². The van der Waals surface area contributed by atoms with Gasteiger partial charge in [-0.15, -0.1) is 0 Å². The molecule has 1 saturated carbocycles. The highest BCUT2D eigenvalue weighted by molar-refractivity contribution is 7.82. The topological polar surface area (TPSA) is 32.7 Å². The van der Waals surface area contributed by atoms with Crippen molar-refractivity contribution in [2.24, 2.45) is 4.99 Å². The van der Waals surface area contributed by atoms with Crippen molar-refractivity contribution in [2.75, 3.05) is 0 Å². The van der Waals surface area contributed by atoms with Gasteiger partial charge in [0, 0.05) is 11.1 Å². The molecule has 5 heteroatoms. The van der Waals surface area contributed by atoms with Crippen molar-refractivity contribution >= 4 is 28.8 Å². The summed E-state index contributed by atoms with van der Waals surface area (Å²) in [4.78, 5) is 20.5. The Bertz CT molecular complexity index is 959. The average molecular weight is 380 g/mol. The van der Waals surface area contributed by atoms with Gasteiger partial charge in [0.05, 0.1) is 0 Å². The standard InChI is InChI=1S/C22H21FN2OS/c1-14-5-6-17(13-15(14)2)20(26)25-21(27)19(16-7-9-18(23)10-8-16)24-22(25)11-3-4-12-22/h5-10,13H,3-4,11-12H2,1-2H3. The summed E-state index contributed by atoms with van der Waals surface area (Å²) < 4.78 is 13.3. The highest BCUT2D eigenvalue weighted by Crippen LogP contribution is 2.42. The van der Waals surface area contributed by atoms with Crippen LogP contribution in [0.15, 0.2) is 47.5 Å². The molecule has 1 aliphatic heterocycles. The van der Waals surface area contributed by atoms with Crippen molar-refractivity contribution in [3.8, 4) is 0 Å². The van der Waals surface area contributed by atoms with E-state index in [1.165, 1.54) is 12.1 Å². The van der Waals surface area contributed by atoms with Crippen LogP contribution in [-0.4, -0.2) is 27.2 Å². The average Bonchev–Trinajstić information content (AvgIpc) is 3.23. The molecule has 2 aliphatic rings. The van der Waals surface area contributed by atoms with E-state index in [1.807, 2.05) is 32.0 Å². The van der Waals surface area contributed by atoms with Gasteiger partial charge in [-0.05, 0) is 87.1 Å². The number of halogens is 1. The first-order valence-electron chi connectivity index (χ1n) is 9.23. The molecule has 0 bridgehead atoms. The lowest BCUT2D eigenvalue weighted by Crippen LogP contribution is -2.48. The number of thiocarbonyl (C=S) groups is 1. The fourth-order valence-electron chi connectivity index (χ4n) is 3.96. The molecule has 0 atom stereocenters. The fourth-order valence-corrected chi connectivity index (χ4v) is 4.37. The quantitative estimate of drug-likeness (QED) is 0.688. The smallest absolute Gasteiger partial charge is 0.260 e. The van der Waals surface area contributed by atoms with E-state index in [4.69, 9.17) is 17.2 Å². The Morgan fingerprint density at radius 2 is 1.74 bits per heavy atom. The zero-order valence-electron chi connectivity index (χ0n) is 15.5. The van der Waals surface area contributed by atoms with Gasteiger partial charge in [0.1, 0.15) is 22.2 Å². The van der Waals surface area contributed by atoms with Gasteiger partial charge in [0.15, 0.2) is 0 Å². The predicted octanol–water partition coefficient (Wildman–Crippen LogP) is 4.99. The Hall–Kier alpha value is -2.40. The number of rotatable bonds is 2. The van der Waals surface area contributed by atoms with E-state index >= 15 is 0 Å².